The molecule has 3 aromatic rings. The number of aromatic nitrogens is 1. The molecule has 9 heteroatoms. The molecule has 1 heterocycles. The van der Waals surface area contributed by atoms with E-state index in [1.165, 1.54) is 38.4 Å². The van der Waals surface area contributed by atoms with E-state index in [1.807, 2.05) is 30.3 Å². The largest absolute Gasteiger partial charge is 0.455 e. The summed E-state index contributed by atoms with van der Waals surface area (Å²) in [7, 11) is -1.37. The summed E-state index contributed by atoms with van der Waals surface area (Å²) in [6, 6.07) is 14.9. The Bertz CT molecular complexity index is 1110. The number of carbonyl (C=O) groups excluding carboxylic acids is 1. The highest BCUT2D eigenvalue weighted by molar-refractivity contribution is 7.89. The molecule has 0 aliphatic rings. The molecule has 0 saturated carbocycles. The van der Waals surface area contributed by atoms with Gasteiger partial charge in [-0.2, -0.15) is 0 Å². The van der Waals surface area contributed by atoms with E-state index < -0.39 is 16.0 Å². The molecule has 152 valence electrons. The minimum atomic E-state index is -3.87. The van der Waals surface area contributed by atoms with Gasteiger partial charge in [-0.15, -0.1) is 0 Å². The van der Waals surface area contributed by atoms with E-state index in [9.17, 15) is 13.2 Å². The third-order valence-electron chi connectivity index (χ3n) is 4.22. The Hall–Kier alpha value is -3.01. The number of oxazole rings is 1. The van der Waals surface area contributed by atoms with Crippen LogP contribution >= 0.6 is 0 Å². The second-order valence-electron chi connectivity index (χ2n) is 6.09. The van der Waals surface area contributed by atoms with Crippen molar-refractivity contribution in [2.75, 3.05) is 14.2 Å². The average molecular weight is 416 g/mol. The zero-order valence-electron chi connectivity index (χ0n) is 16.2. The molecule has 2 aromatic carbocycles. The van der Waals surface area contributed by atoms with Gasteiger partial charge in [0.25, 0.3) is 10.0 Å². The number of nitrogens with zero attached hydrogens (tertiary/aromatic N) is 2. The standard InChI is InChI=1S/C20H20N2O6S/c1-14-18(21-19(28-14)15-8-5-4-6-9-15)13-27-20(23)16-10-7-11-17(12-16)29(24,25)22(2)26-3/h4-12H,13H2,1-3H3. The van der Waals surface area contributed by atoms with E-state index in [2.05, 4.69) is 4.98 Å². The molecule has 8 nitrogen and oxygen atoms in total. The van der Waals surface area contributed by atoms with Crippen LogP contribution in [0.1, 0.15) is 21.8 Å². The van der Waals surface area contributed by atoms with Crippen molar-refractivity contribution in [2.24, 2.45) is 0 Å². The summed E-state index contributed by atoms with van der Waals surface area (Å²) < 4.78 is 36.3. The molecule has 0 fully saturated rings. The van der Waals surface area contributed by atoms with E-state index in [-0.39, 0.29) is 17.1 Å². The van der Waals surface area contributed by atoms with E-state index in [1.54, 1.807) is 6.92 Å². The molecule has 0 atom stereocenters. The van der Waals surface area contributed by atoms with Crippen LogP contribution in [-0.4, -0.2) is 38.0 Å². The molecule has 0 spiro atoms. The van der Waals surface area contributed by atoms with Crippen LogP contribution in [0.5, 0.6) is 0 Å². The van der Waals surface area contributed by atoms with Gasteiger partial charge in [-0.05, 0) is 37.3 Å². The number of hydroxylamine groups is 1. The van der Waals surface area contributed by atoms with Crippen molar-refractivity contribution >= 4 is 16.0 Å². The zero-order chi connectivity index (χ0) is 21.0. The fourth-order valence-electron chi connectivity index (χ4n) is 2.51. The highest BCUT2D eigenvalue weighted by atomic mass is 32.2. The van der Waals surface area contributed by atoms with Gasteiger partial charge in [0.1, 0.15) is 18.1 Å². The first-order valence-electron chi connectivity index (χ1n) is 8.65. The maximum atomic E-state index is 12.4. The summed E-state index contributed by atoms with van der Waals surface area (Å²) in [6.45, 7) is 1.63. The van der Waals surface area contributed by atoms with Crippen molar-refractivity contribution in [2.45, 2.75) is 18.4 Å². The SMILES string of the molecule is CON(C)S(=O)(=O)c1cccc(C(=O)OCc2nc(-c3ccccc3)oc2C)c1. The monoisotopic (exact) mass is 416 g/mol. The molecule has 0 aliphatic heterocycles. The van der Waals surface area contributed by atoms with Crippen LogP contribution < -0.4 is 0 Å². The molecular formula is C20H20N2O6S. The molecule has 0 bridgehead atoms. The Morgan fingerprint density at radius 3 is 2.55 bits per heavy atom. The number of ether oxygens (including phenoxy) is 1. The zero-order valence-corrected chi connectivity index (χ0v) is 17.0. The molecule has 0 radical (unpaired) electrons. The normalized spacial score (nSPS) is 11.6. The van der Waals surface area contributed by atoms with Gasteiger partial charge in [-0.1, -0.05) is 28.7 Å². The summed E-state index contributed by atoms with van der Waals surface area (Å²) in [4.78, 5) is 21.4. The Kier molecular flexibility index (Phi) is 6.12. The summed E-state index contributed by atoms with van der Waals surface area (Å²) in [5, 5.41) is 0. The summed E-state index contributed by atoms with van der Waals surface area (Å²) in [5.41, 5.74) is 1.40. The van der Waals surface area contributed by atoms with Crippen molar-refractivity contribution in [1.29, 1.82) is 0 Å². The first kappa shape index (κ1) is 20.7. The molecule has 0 N–H and O–H groups in total. The highest BCUT2D eigenvalue weighted by Crippen LogP contribution is 2.22. The average Bonchev–Trinajstić information content (AvgIpc) is 3.12. The van der Waals surface area contributed by atoms with Crippen molar-refractivity contribution in [3.05, 3.63) is 71.6 Å². The number of esters is 1. The van der Waals surface area contributed by atoms with Crippen LogP contribution in [0.25, 0.3) is 11.5 Å². The van der Waals surface area contributed by atoms with Crippen LogP contribution in [0.15, 0.2) is 63.9 Å². The predicted octanol–water partition coefficient (Wildman–Crippen LogP) is 3.19. The minimum Gasteiger partial charge on any atom is -0.455 e. The van der Waals surface area contributed by atoms with Gasteiger partial charge in [0, 0.05) is 12.6 Å². The van der Waals surface area contributed by atoms with Crippen LogP contribution in [0.4, 0.5) is 0 Å². The third kappa shape index (κ3) is 4.53. The summed E-state index contributed by atoms with van der Waals surface area (Å²) in [5.74, 6) is 0.297. The Morgan fingerprint density at radius 2 is 1.86 bits per heavy atom. The molecule has 1 aromatic heterocycles. The number of sulfonamides is 1. The molecule has 0 amide bonds. The highest BCUT2D eigenvalue weighted by Gasteiger charge is 2.22. The second kappa shape index (κ2) is 8.56. The van der Waals surface area contributed by atoms with Gasteiger partial charge >= 0.3 is 5.97 Å². The van der Waals surface area contributed by atoms with E-state index >= 15 is 0 Å². The lowest BCUT2D eigenvalue weighted by Crippen LogP contribution is -2.25. The Labute approximate surface area is 168 Å². The Morgan fingerprint density at radius 1 is 1.14 bits per heavy atom. The fraction of sp³-hybridized carbons (Fsp3) is 0.200. The van der Waals surface area contributed by atoms with Crippen molar-refractivity contribution < 1.29 is 27.2 Å². The number of benzene rings is 2. The third-order valence-corrected chi connectivity index (χ3v) is 5.89. The van der Waals surface area contributed by atoms with Gasteiger partial charge in [0.05, 0.1) is 17.6 Å². The molecule has 29 heavy (non-hydrogen) atoms. The van der Waals surface area contributed by atoms with Gasteiger partial charge < -0.3 is 9.15 Å². The first-order valence-corrected chi connectivity index (χ1v) is 10.1. The smallest absolute Gasteiger partial charge is 0.338 e. The fourth-order valence-corrected chi connectivity index (χ4v) is 3.53. The quantitative estimate of drug-likeness (QED) is 0.431. The minimum absolute atomic E-state index is 0.0831. The molecule has 0 unspecified atom stereocenters. The summed E-state index contributed by atoms with van der Waals surface area (Å²) in [6.07, 6.45) is 0. The van der Waals surface area contributed by atoms with Crippen molar-refractivity contribution in [3.63, 3.8) is 0 Å². The molecule has 0 aliphatic carbocycles. The second-order valence-corrected chi connectivity index (χ2v) is 8.02. The molecule has 3 rings (SSSR count). The number of hydrogen-bond acceptors (Lipinski definition) is 7. The van der Waals surface area contributed by atoms with E-state index in [0.717, 1.165) is 5.56 Å². The maximum Gasteiger partial charge on any atom is 0.338 e. The molecule has 0 saturated heterocycles. The summed E-state index contributed by atoms with van der Waals surface area (Å²) >= 11 is 0. The van der Waals surface area contributed by atoms with Crippen LogP contribution in [0.3, 0.4) is 0 Å². The Balaban J connectivity index is 1.74. The van der Waals surface area contributed by atoms with Gasteiger partial charge in [0.15, 0.2) is 0 Å². The maximum absolute atomic E-state index is 12.4. The lowest BCUT2D eigenvalue weighted by molar-refractivity contribution is -0.0258. The van der Waals surface area contributed by atoms with Gasteiger partial charge in [0.2, 0.25) is 5.89 Å². The van der Waals surface area contributed by atoms with Crippen LogP contribution in [-0.2, 0) is 26.2 Å². The van der Waals surface area contributed by atoms with Crippen molar-refractivity contribution in [3.8, 4) is 11.5 Å². The lowest BCUT2D eigenvalue weighted by atomic mass is 10.2. The number of carbonyl (C=O) groups is 1. The van der Waals surface area contributed by atoms with Gasteiger partial charge in [-0.25, -0.2) is 18.2 Å². The number of rotatable bonds is 7. The van der Waals surface area contributed by atoms with Crippen molar-refractivity contribution in [1.82, 2.24) is 9.45 Å². The van der Waals surface area contributed by atoms with Crippen LogP contribution in [0.2, 0.25) is 0 Å². The topological polar surface area (TPSA) is 98.9 Å². The molecular weight excluding hydrogens is 396 g/mol. The van der Waals surface area contributed by atoms with Crippen LogP contribution in [0, 0.1) is 6.92 Å². The number of aryl methyl sites for hydroxylation is 1. The van der Waals surface area contributed by atoms with E-state index in [0.29, 0.717) is 21.8 Å². The first-order chi connectivity index (χ1) is 13.8. The number of hydrogen-bond donors (Lipinski definition) is 0. The predicted molar refractivity (Wildman–Crippen MR) is 104 cm³/mol. The lowest BCUT2D eigenvalue weighted by Gasteiger charge is -2.14. The van der Waals surface area contributed by atoms with Gasteiger partial charge in [-0.3, -0.25) is 4.84 Å². The van der Waals surface area contributed by atoms with E-state index in [4.69, 9.17) is 14.0 Å².